The molecule has 0 aliphatic carbocycles. The lowest BCUT2D eigenvalue weighted by Crippen LogP contribution is -2.41. The number of ether oxygens (including phenoxy) is 1. The molecule has 2 nitrogen and oxygen atoms in total. The molecule has 0 N–H and O–H groups in total. The highest BCUT2D eigenvalue weighted by atomic mass is 32.4. The average Bonchev–Trinajstić information content (AvgIpc) is 2.43. The van der Waals surface area contributed by atoms with Crippen LogP contribution in [0.3, 0.4) is 0 Å². The van der Waals surface area contributed by atoms with E-state index in [1.54, 1.807) is 0 Å². The Morgan fingerprint density at radius 3 is 2.00 bits per heavy atom. The summed E-state index contributed by atoms with van der Waals surface area (Å²) < 4.78 is 5.17. The maximum atomic E-state index is 12.1. The van der Waals surface area contributed by atoms with Crippen molar-refractivity contribution in [3.63, 3.8) is 0 Å². The van der Waals surface area contributed by atoms with Crippen molar-refractivity contribution in [1.82, 2.24) is 0 Å². The first-order valence-electron chi connectivity index (χ1n) is 8.62. The zero-order chi connectivity index (χ0) is 17.8. The maximum absolute atomic E-state index is 12.1. The standard InChI is InChI=1S/C19H32O2SSi/c1-9-21-19(20)17-10-16(8)11-18(12-17)22-23(13(2)3,14(4)5)15(6)7/h10-15H,9H2,1-8H3. The topological polar surface area (TPSA) is 26.3 Å². The molecule has 0 fully saturated rings. The normalized spacial score (nSPS) is 12.3. The Morgan fingerprint density at radius 1 is 1.04 bits per heavy atom. The third kappa shape index (κ3) is 4.63. The van der Waals surface area contributed by atoms with Crippen LogP contribution in [0.25, 0.3) is 0 Å². The van der Waals surface area contributed by atoms with Crippen LogP contribution in [-0.4, -0.2) is 19.8 Å². The summed E-state index contributed by atoms with van der Waals surface area (Å²) in [4.78, 5) is 13.3. The Kier molecular flexibility index (Phi) is 7.40. The van der Waals surface area contributed by atoms with E-state index in [0.29, 0.717) is 28.8 Å². The Balaban J connectivity index is 3.26. The summed E-state index contributed by atoms with van der Waals surface area (Å²) in [6.45, 7) is 18.5. The van der Waals surface area contributed by atoms with E-state index in [1.165, 1.54) is 4.90 Å². The van der Waals surface area contributed by atoms with Crippen LogP contribution < -0.4 is 0 Å². The van der Waals surface area contributed by atoms with Crippen molar-refractivity contribution in [2.24, 2.45) is 0 Å². The number of hydrogen-bond donors (Lipinski definition) is 0. The van der Waals surface area contributed by atoms with Crippen LogP contribution in [0.4, 0.5) is 0 Å². The molecule has 0 saturated carbocycles. The van der Waals surface area contributed by atoms with Gasteiger partial charge in [-0.25, -0.2) is 4.79 Å². The van der Waals surface area contributed by atoms with Gasteiger partial charge in [0.05, 0.1) is 12.2 Å². The summed E-state index contributed by atoms with van der Waals surface area (Å²) in [5, 5.41) is 0. The fourth-order valence-electron chi connectivity index (χ4n) is 3.70. The van der Waals surface area contributed by atoms with E-state index in [1.807, 2.05) is 19.1 Å². The number of carbonyl (C=O) groups is 1. The molecule has 0 bridgehead atoms. The number of hydrogen-bond acceptors (Lipinski definition) is 3. The minimum Gasteiger partial charge on any atom is -0.462 e. The highest BCUT2D eigenvalue weighted by Crippen LogP contribution is 2.52. The lowest BCUT2D eigenvalue weighted by atomic mass is 10.1. The van der Waals surface area contributed by atoms with Crippen molar-refractivity contribution in [2.75, 3.05) is 6.61 Å². The van der Waals surface area contributed by atoms with Gasteiger partial charge in [-0.05, 0) is 54.2 Å². The number of carbonyl (C=O) groups excluding carboxylic acids is 1. The molecule has 0 heterocycles. The summed E-state index contributed by atoms with van der Waals surface area (Å²) in [5.41, 5.74) is 3.84. The number of benzene rings is 1. The minimum atomic E-state index is -1.60. The van der Waals surface area contributed by atoms with Gasteiger partial charge in [0.25, 0.3) is 0 Å². The van der Waals surface area contributed by atoms with Crippen LogP contribution in [-0.2, 0) is 4.74 Å². The fourth-order valence-corrected chi connectivity index (χ4v) is 12.9. The predicted molar refractivity (Wildman–Crippen MR) is 104 cm³/mol. The highest BCUT2D eigenvalue weighted by Gasteiger charge is 2.44. The van der Waals surface area contributed by atoms with E-state index in [9.17, 15) is 4.79 Å². The second kappa shape index (κ2) is 8.38. The first kappa shape index (κ1) is 20.3. The fraction of sp³-hybridized carbons (Fsp3) is 0.632. The first-order valence-corrected chi connectivity index (χ1v) is 12.4. The molecule has 0 unspecified atom stereocenters. The maximum Gasteiger partial charge on any atom is 0.338 e. The molecule has 0 aromatic heterocycles. The van der Waals surface area contributed by atoms with E-state index >= 15 is 0 Å². The zero-order valence-corrected chi connectivity index (χ0v) is 17.7. The quantitative estimate of drug-likeness (QED) is 0.417. The van der Waals surface area contributed by atoms with Gasteiger partial charge in [-0.1, -0.05) is 41.5 Å². The van der Waals surface area contributed by atoms with Crippen molar-refractivity contribution < 1.29 is 9.53 Å². The second-order valence-corrected chi connectivity index (χ2v) is 15.8. The van der Waals surface area contributed by atoms with Gasteiger partial charge in [-0.15, -0.1) is 0 Å². The van der Waals surface area contributed by atoms with Crippen LogP contribution in [0.2, 0.25) is 16.6 Å². The molecule has 4 heteroatoms. The summed E-state index contributed by atoms with van der Waals surface area (Å²) in [7, 11) is -1.60. The zero-order valence-electron chi connectivity index (χ0n) is 15.9. The SMILES string of the molecule is CCOC(=O)c1cc(C)cc(S[Si](C(C)C)(C(C)C)C(C)C)c1. The van der Waals surface area contributed by atoms with Gasteiger partial charge >= 0.3 is 5.97 Å². The van der Waals surface area contributed by atoms with Crippen LogP contribution in [0.15, 0.2) is 23.1 Å². The number of esters is 1. The van der Waals surface area contributed by atoms with Gasteiger partial charge in [0.1, 0.15) is 7.22 Å². The summed E-state index contributed by atoms with van der Waals surface area (Å²) in [5.74, 6) is -0.219. The minimum absolute atomic E-state index is 0.219. The number of rotatable bonds is 7. The van der Waals surface area contributed by atoms with E-state index in [2.05, 4.69) is 65.7 Å². The van der Waals surface area contributed by atoms with Gasteiger partial charge in [0, 0.05) is 4.90 Å². The molecule has 0 saturated heterocycles. The average molecular weight is 353 g/mol. The molecule has 23 heavy (non-hydrogen) atoms. The smallest absolute Gasteiger partial charge is 0.338 e. The molecule has 0 aliphatic heterocycles. The highest BCUT2D eigenvalue weighted by molar-refractivity contribution is 8.29. The summed E-state index contributed by atoms with van der Waals surface area (Å²) in [6.07, 6.45) is 0. The van der Waals surface area contributed by atoms with Crippen molar-refractivity contribution in [3.8, 4) is 0 Å². The Hall–Kier alpha value is -0.743. The summed E-state index contributed by atoms with van der Waals surface area (Å²) >= 11 is 2.06. The van der Waals surface area contributed by atoms with E-state index in [-0.39, 0.29) is 5.97 Å². The molecule has 0 radical (unpaired) electrons. The van der Waals surface area contributed by atoms with Crippen molar-refractivity contribution >= 4 is 24.4 Å². The number of aryl methyl sites for hydroxylation is 1. The van der Waals surface area contributed by atoms with Crippen molar-refractivity contribution in [1.29, 1.82) is 0 Å². The predicted octanol–water partition coefficient (Wildman–Crippen LogP) is 6.44. The Bertz CT molecular complexity index is 516. The van der Waals surface area contributed by atoms with Crippen molar-refractivity contribution in [3.05, 3.63) is 29.3 Å². The lowest BCUT2D eigenvalue weighted by molar-refractivity contribution is 0.0526. The van der Waals surface area contributed by atoms with Crippen LogP contribution in [0.1, 0.15) is 64.4 Å². The van der Waals surface area contributed by atoms with Crippen LogP contribution >= 0.6 is 11.2 Å². The monoisotopic (exact) mass is 352 g/mol. The van der Waals surface area contributed by atoms with Gasteiger partial charge in [-0.2, -0.15) is 11.2 Å². The van der Waals surface area contributed by atoms with Crippen LogP contribution in [0.5, 0.6) is 0 Å². The third-order valence-corrected chi connectivity index (χ3v) is 16.8. The largest absolute Gasteiger partial charge is 0.462 e. The van der Waals surface area contributed by atoms with Gasteiger partial charge in [-0.3, -0.25) is 0 Å². The van der Waals surface area contributed by atoms with Crippen molar-refractivity contribution in [2.45, 2.75) is 76.9 Å². The molecule has 1 aromatic carbocycles. The second-order valence-electron chi connectivity index (χ2n) is 7.17. The lowest BCUT2D eigenvalue weighted by Gasteiger charge is -2.42. The van der Waals surface area contributed by atoms with Gasteiger partial charge in [0.2, 0.25) is 0 Å². The summed E-state index contributed by atoms with van der Waals surface area (Å²) in [6, 6.07) is 6.15. The van der Waals surface area contributed by atoms with E-state index in [4.69, 9.17) is 4.74 Å². The molecule has 0 amide bonds. The molecule has 0 aliphatic rings. The molecule has 1 rings (SSSR count). The van der Waals surface area contributed by atoms with E-state index < -0.39 is 7.22 Å². The van der Waals surface area contributed by atoms with E-state index in [0.717, 1.165) is 5.56 Å². The molecule has 1 aromatic rings. The van der Waals surface area contributed by atoms with Crippen LogP contribution in [0, 0.1) is 6.92 Å². The Labute approximate surface area is 147 Å². The molecule has 0 spiro atoms. The Morgan fingerprint density at radius 2 is 1.57 bits per heavy atom. The first-order chi connectivity index (χ1) is 10.6. The molecular formula is C19H32O2SSi. The van der Waals surface area contributed by atoms with Gasteiger partial charge in [0.15, 0.2) is 0 Å². The third-order valence-electron chi connectivity index (χ3n) is 4.56. The molecular weight excluding hydrogens is 320 g/mol. The molecule has 0 atom stereocenters. The van der Waals surface area contributed by atoms with Gasteiger partial charge < -0.3 is 4.74 Å². The molecule has 130 valence electrons.